The predicted octanol–water partition coefficient (Wildman–Crippen LogP) is 2.95. The van der Waals surface area contributed by atoms with Crippen LogP contribution in [0.15, 0.2) is 18.3 Å². The fraction of sp³-hybridized carbons (Fsp3) is 0.667. The molecule has 0 aromatic carbocycles. The Kier molecular flexibility index (Phi) is 6.03. The molecular weight excluding hydrogens is 372 g/mol. The van der Waals surface area contributed by atoms with Crippen molar-refractivity contribution in [3.8, 4) is 5.88 Å². The highest BCUT2D eigenvalue weighted by molar-refractivity contribution is 5.82. The first-order chi connectivity index (χ1) is 13.5. The monoisotopic (exact) mass is 404 g/mol. The minimum atomic E-state index is -0.485. The molecular formula is C21H32N4O4. The Morgan fingerprint density at radius 3 is 2.48 bits per heavy atom. The van der Waals surface area contributed by atoms with Gasteiger partial charge in [-0.05, 0) is 32.8 Å². The number of nitrogens with zero attached hydrogens (tertiary/aromatic N) is 2. The lowest BCUT2D eigenvalue weighted by molar-refractivity contribution is -0.134. The summed E-state index contributed by atoms with van der Waals surface area (Å²) in [6.07, 6.45) is 3.73. The van der Waals surface area contributed by atoms with Gasteiger partial charge in [-0.2, -0.15) is 0 Å². The van der Waals surface area contributed by atoms with E-state index in [4.69, 9.17) is 9.47 Å². The normalized spacial score (nSPS) is 22.7. The Balaban J connectivity index is 1.50. The number of carbonyl (C=O) groups is 2. The zero-order valence-corrected chi connectivity index (χ0v) is 17.9. The van der Waals surface area contributed by atoms with Crippen molar-refractivity contribution in [2.45, 2.75) is 71.6 Å². The Morgan fingerprint density at radius 1 is 1.24 bits per heavy atom. The van der Waals surface area contributed by atoms with Gasteiger partial charge in [0, 0.05) is 43.6 Å². The largest absolute Gasteiger partial charge is 0.474 e. The van der Waals surface area contributed by atoms with Gasteiger partial charge in [-0.1, -0.05) is 19.9 Å². The maximum Gasteiger partial charge on any atom is 0.410 e. The van der Waals surface area contributed by atoms with Crippen molar-refractivity contribution in [2.75, 3.05) is 13.1 Å². The first-order valence-corrected chi connectivity index (χ1v) is 10.2. The molecule has 2 fully saturated rings. The molecule has 160 valence electrons. The van der Waals surface area contributed by atoms with Crippen LogP contribution in [0.3, 0.4) is 0 Å². The second-order valence-electron chi connectivity index (χ2n) is 9.45. The van der Waals surface area contributed by atoms with Gasteiger partial charge in [-0.25, -0.2) is 15.2 Å². The standard InChI is InChI=1S/C21H32N4O4/c1-20(2,3)29-19(27)25-10-8-15(9-11-25)28-17-7-6-14(13-22-17)16-12-21(4,5)18(26)24-23-16/h6-7,13,15-16,23H,8-12H2,1-5H3,(H,24,26). The van der Waals surface area contributed by atoms with E-state index in [9.17, 15) is 9.59 Å². The number of hydrogen-bond donors (Lipinski definition) is 2. The van der Waals surface area contributed by atoms with Crippen LogP contribution in [0, 0.1) is 5.41 Å². The predicted molar refractivity (Wildman–Crippen MR) is 108 cm³/mol. The van der Waals surface area contributed by atoms with Gasteiger partial charge < -0.3 is 14.4 Å². The van der Waals surface area contributed by atoms with Crippen molar-refractivity contribution in [1.82, 2.24) is 20.7 Å². The lowest BCUT2D eigenvalue weighted by Crippen LogP contribution is -2.53. The van der Waals surface area contributed by atoms with Crippen molar-refractivity contribution < 1.29 is 19.1 Å². The molecule has 0 aliphatic carbocycles. The highest BCUT2D eigenvalue weighted by atomic mass is 16.6. The Hall–Kier alpha value is -2.35. The summed E-state index contributed by atoms with van der Waals surface area (Å²) in [7, 11) is 0. The van der Waals surface area contributed by atoms with Crippen molar-refractivity contribution in [1.29, 1.82) is 0 Å². The highest BCUT2D eigenvalue weighted by Gasteiger charge is 2.36. The number of rotatable bonds is 3. The van der Waals surface area contributed by atoms with E-state index in [0.29, 0.717) is 25.4 Å². The van der Waals surface area contributed by atoms with Gasteiger partial charge in [0.25, 0.3) is 0 Å². The summed E-state index contributed by atoms with van der Waals surface area (Å²) >= 11 is 0. The lowest BCUT2D eigenvalue weighted by atomic mass is 9.82. The van der Waals surface area contributed by atoms with Crippen LogP contribution in [0.1, 0.15) is 65.5 Å². The maximum atomic E-state index is 12.2. The summed E-state index contributed by atoms with van der Waals surface area (Å²) in [4.78, 5) is 30.2. The van der Waals surface area contributed by atoms with Crippen molar-refractivity contribution in [2.24, 2.45) is 5.41 Å². The molecule has 2 saturated heterocycles. The van der Waals surface area contributed by atoms with E-state index >= 15 is 0 Å². The van der Waals surface area contributed by atoms with Crippen LogP contribution in [0.2, 0.25) is 0 Å². The smallest absolute Gasteiger partial charge is 0.410 e. The zero-order valence-electron chi connectivity index (χ0n) is 17.9. The molecule has 1 aromatic heterocycles. The van der Waals surface area contributed by atoms with E-state index in [-0.39, 0.29) is 24.1 Å². The molecule has 2 amide bonds. The number of ether oxygens (including phenoxy) is 2. The maximum absolute atomic E-state index is 12.2. The first-order valence-electron chi connectivity index (χ1n) is 10.2. The number of aromatic nitrogens is 1. The highest BCUT2D eigenvalue weighted by Crippen LogP contribution is 2.33. The number of piperidine rings is 1. The SMILES string of the molecule is CC(C)(C)OC(=O)N1CCC(Oc2ccc(C3CC(C)(C)C(=O)NN3)cn2)CC1. The van der Waals surface area contributed by atoms with Crippen LogP contribution in [-0.4, -0.2) is 46.7 Å². The van der Waals surface area contributed by atoms with E-state index in [1.54, 1.807) is 11.1 Å². The number of nitrogens with one attached hydrogen (secondary N) is 2. The van der Waals surface area contributed by atoms with Gasteiger partial charge in [0.15, 0.2) is 0 Å². The number of pyridine rings is 1. The number of carbonyl (C=O) groups excluding carboxylic acids is 2. The van der Waals surface area contributed by atoms with E-state index in [2.05, 4.69) is 15.8 Å². The molecule has 0 radical (unpaired) electrons. The van der Waals surface area contributed by atoms with Crippen LogP contribution >= 0.6 is 0 Å². The third-order valence-corrected chi connectivity index (χ3v) is 5.23. The van der Waals surface area contributed by atoms with Gasteiger partial charge in [-0.15, -0.1) is 0 Å². The van der Waals surface area contributed by atoms with Gasteiger partial charge in [0.2, 0.25) is 11.8 Å². The topological polar surface area (TPSA) is 92.8 Å². The molecule has 2 aliphatic rings. The van der Waals surface area contributed by atoms with Crippen LogP contribution in [0.5, 0.6) is 5.88 Å². The molecule has 3 heterocycles. The minimum Gasteiger partial charge on any atom is -0.474 e. The number of hydrazine groups is 1. The average Bonchev–Trinajstić information content (AvgIpc) is 2.64. The van der Waals surface area contributed by atoms with Crippen LogP contribution in [-0.2, 0) is 9.53 Å². The van der Waals surface area contributed by atoms with E-state index < -0.39 is 11.0 Å². The van der Waals surface area contributed by atoms with Gasteiger partial charge in [-0.3, -0.25) is 10.2 Å². The Bertz CT molecular complexity index is 734. The second kappa shape index (κ2) is 8.18. The zero-order chi connectivity index (χ0) is 21.2. The number of likely N-dealkylation sites (tertiary alicyclic amines) is 1. The Morgan fingerprint density at radius 2 is 1.93 bits per heavy atom. The van der Waals surface area contributed by atoms with Crippen LogP contribution in [0.25, 0.3) is 0 Å². The first kappa shape index (κ1) is 21.4. The van der Waals surface area contributed by atoms with Gasteiger partial charge in [0.1, 0.15) is 11.7 Å². The summed E-state index contributed by atoms with van der Waals surface area (Å²) in [6.45, 7) is 10.7. The molecule has 0 spiro atoms. The van der Waals surface area contributed by atoms with Gasteiger partial charge >= 0.3 is 6.09 Å². The molecule has 2 aliphatic heterocycles. The summed E-state index contributed by atoms with van der Waals surface area (Å²) in [5.41, 5.74) is 5.88. The van der Waals surface area contributed by atoms with E-state index in [1.165, 1.54) is 0 Å². The number of amides is 2. The molecule has 8 nitrogen and oxygen atoms in total. The van der Waals surface area contributed by atoms with Crippen LogP contribution in [0.4, 0.5) is 4.79 Å². The molecule has 1 aromatic rings. The number of hydrogen-bond acceptors (Lipinski definition) is 6. The molecule has 1 unspecified atom stereocenters. The fourth-order valence-corrected chi connectivity index (χ4v) is 3.50. The van der Waals surface area contributed by atoms with Crippen molar-refractivity contribution >= 4 is 12.0 Å². The summed E-state index contributed by atoms with van der Waals surface area (Å²) in [5, 5.41) is 0. The second-order valence-corrected chi connectivity index (χ2v) is 9.45. The van der Waals surface area contributed by atoms with E-state index in [0.717, 1.165) is 18.4 Å². The minimum absolute atomic E-state index is 0.000568. The summed E-state index contributed by atoms with van der Waals surface area (Å²) < 4.78 is 11.4. The summed E-state index contributed by atoms with van der Waals surface area (Å²) in [5.74, 6) is 0.572. The van der Waals surface area contributed by atoms with Crippen molar-refractivity contribution in [3.63, 3.8) is 0 Å². The van der Waals surface area contributed by atoms with Crippen molar-refractivity contribution in [3.05, 3.63) is 23.9 Å². The quantitative estimate of drug-likeness (QED) is 0.805. The van der Waals surface area contributed by atoms with E-state index in [1.807, 2.05) is 46.8 Å². The molecule has 1 atom stereocenters. The average molecular weight is 405 g/mol. The molecule has 0 saturated carbocycles. The third kappa shape index (κ3) is 5.59. The molecule has 0 bridgehead atoms. The molecule has 3 rings (SSSR count). The van der Waals surface area contributed by atoms with Crippen LogP contribution < -0.4 is 15.6 Å². The third-order valence-electron chi connectivity index (χ3n) is 5.23. The molecule has 2 N–H and O–H groups in total. The van der Waals surface area contributed by atoms with Gasteiger partial charge in [0.05, 0.1) is 6.04 Å². The molecule has 29 heavy (non-hydrogen) atoms. The lowest BCUT2D eigenvalue weighted by Gasteiger charge is -2.35. The molecule has 8 heteroatoms. The fourth-order valence-electron chi connectivity index (χ4n) is 3.50. The summed E-state index contributed by atoms with van der Waals surface area (Å²) in [6, 6.07) is 3.85. The Labute approximate surface area is 172 Å².